The Labute approximate surface area is 747 Å². The fourth-order valence-corrected chi connectivity index (χ4v) is 16.0. The molecule has 668 valence electrons. The zero-order chi connectivity index (χ0) is 84.4. The van der Waals surface area contributed by atoms with Gasteiger partial charge in [0.05, 0.1) is 58.5 Å². The second-order valence-corrected chi connectivity index (χ2v) is 35.7. The van der Waals surface area contributed by atoms with Crippen molar-refractivity contribution in [3.05, 3.63) is 107 Å². The molecule has 0 fully saturated rings. The number of hydrogen-bond acceptors (Lipinski definition) is 14. The molecule has 0 heterocycles. The number of ether oxygens (including phenoxy) is 4. The van der Waals surface area contributed by atoms with Crippen molar-refractivity contribution in [1.82, 2.24) is 0 Å². The molecule has 0 aliphatic rings. The van der Waals surface area contributed by atoms with Crippen LogP contribution in [0.5, 0.6) is 0 Å². The Morgan fingerprint density at radius 3 is 0.513 bits per heavy atom. The van der Waals surface area contributed by atoms with Gasteiger partial charge in [-0.3, -0.25) is 0 Å². The zero-order valence-corrected chi connectivity index (χ0v) is 79.1. The quantitative estimate of drug-likeness (QED) is 0.0150. The number of hydrogen-bond donors (Lipinski definition) is 0. The average Bonchev–Trinajstić information content (AvgIpc) is 0.814. The van der Waals surface area contributed by atoms with E-state index in [1.165, 1.54) is 359 Å². The third-order valence-electron chi connectivity index (χ3n) is 22.4. The maximum absolute atomic E-state index is 13.0. The summed E-state index contributed by atoms with van der Waals surface area (Å²) >= 11 is 0. The molecule has 0 atom stereocenters. The van der Waals surface area contributed by atoms with Crippen LogP contribution in [-0.2, 0) is 39.2 Å². The molecule has 2 rings (SSSR count). The van der Waals surface area contributed by atoms with E-state index in [4.69, 9.17) is 18.9 Å². The van der Waals surface area contributed by atoms with Crippen LogP contribution in [0, 0.1) is 0 Å². The summed E-state index contributed by atoms with van der Waals surface area (Å²) in [7, 11) is -9.63. The molecule has 0 unspecified atom stereocenters. The molecule has 17 heteroatoms. The Morgan fingerprint density at radius 1 is 0.231 bits per heavy atom. The summed E-state index contributed by atoms with van der Waals surface area (Å²) in [6.07, 6.45) is 102. The van der Waals surface area contributed by atoms with Crippen LogP contribution in [-0.4, -0.2) is 114 Å². The first-order chi connectivity index (χ1) is 56.6. The minimum atomic E-state index is -4.82. The van der Waals surface area contributed by atoms with Gasteiger partial charge in [0.2, 0.25) is 0 Å². The summed E-state index contributed by atoms with van der Waals surface area (Å²) in [6.45, 7) is 9.11. The molecule has 117 heavy (non-hydrogen) atoms. The van der Waals surface area contributed by atoms with Gasteiger partial charge in [-0.25, -0.2) is 36.0 Å². The molecule has 0 N–H and O–H groups in total. The second kappa shape index (κ2) is 84.6. The predicted molar refractivity (Wildman–Crippen MR) is 489 cm³/mol. The number of benzene rings is 2. The average molecular weight is 1700 g/mol. The molecule has 2 aromatic rings. The number of carbonyl (C=O) groups excluding carboxylic acids is 4. The van der Waals surface area contributed by atoms with Crippen LogP contribution in [0.2, 0.25) is 0 Å². The third-order valence-corrected chi connectivity index (χ3v) is 24.0. The molecule has 14 nitrogen and oxygen atoms in total. The number of rotatable bonds is 82. The van der Waals surface area contributed by atoms with Gasteiger partial charge in [-0.05, 0) is 141 Å². The Kier molecular flexibility index (Phi) is 81.9. The van der Waals surface area contributed by atoms with Gasteiger partial charge in [0, 0.05) is 0 Å². The van der Waals surface area contributed by atoms with Gasteiger partial charge in [0.25, 0.3) is 0 Å². The molecule has 2 aromatic carbocycles. The van der Waals surface area contributed by atoms with Gasteiger partial charge >= 0.3 is 61.6 Å². The summed E-state index contributed by atoms with van der Waals surface area (Å²) < 4.78 is 91.8. The summed E-state index contributed by atoms with van der Waals surface area (Å²) in [5.74, 6) is -3.08. The van der Waals surface area contributed by atoms with E-state index in [1.54, 1.807) is 0 Å². The van der Waals surface area contributed by atoms with E-state index < -0.39 is 53.9 Å². The number of allylic oxidation sites excluding steroid dienone is 8. The maximum Gasteiger partial charge on any atom is 2.00 e. The van der Waals surface area contributed by atoms with Crippen molar-refractivity contribution >= 4 is 81.9 Å². The summed E-state index contributed by atoms with van der Waals surface area (Å²) in [6, 6.07) is 6.31. The van der Waals surface area contributed by atoms with Crippen molar-refractivity contribution in [2.24, 2.45) is 0 Å². The number of esters is 4. The Hall–Kier alpha value is -3.64. The van der Waals surface area contributed by atoms with Gasteiger partial charge in [-0.15, -0.1) is 0 Å². The Balaban J connectivity index is 0.00000228. The first-order valence-electron chi connectivity index (χ1n) is 47.9. The van der Waals surface area contributed by atoms with Gasteiger partial charge in [0.1, 0.15) is 20.2 Å². The largest absolute Gasteiger partial charge is 2.00 e. The molecule has 0 saturated heterocycles. The fraction of sp³-hybridized carbons (Fsp3) is 0.760. The monoisotopic (exact) mass is 1700 g/mol. The molecule has 0 aliphatic carbocycles. The van der Waals surface area contributed by atoms with Crippen LogP contribution in [0.15, 0.2) is 94.8 Å². The predicted octanol–water partition coefficient (Wildman–Crippen LogP) is 30.3. The molecule has 0 bridgehead atoms. The Bertz CT molecular complexity index is 2810. The van der Waals surface area contributed by atoms with E-state index in [2.05, 4.69) is 76.3 Å². The summed E-state index contributed by atoms with van der Waals surface area (Å²) in [5.41, 5.74) is -0.661. The van der Waals surface area contributed by atoms with Gasteiger partial charge in [0.15, 0.2) is 0 Å². The van der Waals surface area contributed by atoms with Crippen LogP contribution >= 0.6 is 0 Å². The van der Waals surface area contributed by atoms with E-state index in [9.17, 15) is 45.1 Å². The standard InChI is InChI=1S/2C50H86O7S.Ca/c2*1-3-5-7-9-11-13-15-17-19-21-23-25-27-29-31-33-35-37-39-43-56-49(51)47-42-41-46(58(53,54)55)45-48(47)50(52)57-44-40-38-36-34-32-30-28-26-24-22-20-18-16-14-12-10-8-6-4-2;/h2*3-6,41-42,45H,7-40,43-44H2,1-2H3,(H,53,54,55);/q;;+2/p-2/b2*5-3+,6-4+;. The molecule has 0 radical (unpaired) electrons. The molecule has 0 aliphatic heterocycles. The van der Waals surface area contributed by atoms with Crippen LogP contribution in [0.4, 0.5) is 0 Å². The molecule has 0 aromatic heterocycles. The van der Waals surface area contributed by atoms with Crippen molar-refractivity contribution in [2.45, 2.75) is 474 Å². The van der Waals surface area contributed by atoms with Gasteiger partial charge < -0.3 is 28.1 Å². The number of unbranched alkanes of at least 4 members (excludes halogenated alkanes) is 64. The van der Waals surface area contributed by atoms with E-state index >= 15 is 0 Å². The van der Waals surface area contributed by atoms with Crippen molar-refractivity contribution in [1.29, 1.82) is 0 Å². The summed E-state index contributed by atoms with van der Waals surface area (Å²) in [4.78, 5) is 50.6. The Morgan fingerprint density at radius 2 is 0.368 bits per heavy atom. The van der Waals surface area contributed by atoms with E-state index in [1.807, 2.05) is 0 Å². The normalized spacial score (nSPS) is 11.8. The maximum atomic E-state index is 13.0. The molecular formula is C100H170CaO14S2. The van der Waals surface area contributed by atoms with Crippen LogP contribution in [0.3, 0.4) is 0 Å². The minimum Gasteiger partial charge on any atom is -0.744 e. The third kappa shape index (κ3) is 71.5. The topological polar surface area (TPSA) is 220 Å². The van der Waals surface area contributed by atoms with E-state index in [0.717, 1.165) is 88.5 Å². The summed E-state index contributed by atoms with van der Waals surface area (Å²) in [5, 5.41) is 0. The molecule has 0 saturated carbocycles. The fourth-order valence-electron chi connectivity index (χ4n) is 15.0. The van der Waals surface area contributed by atoms with Crippen molar-refractivity contribution in [3.8, 4) is 0 Å². The minimum absolute atomic E-state index is 0. The smallest absolute Gasteiger partial charge is 0.744 e. The van der Waals surface area contributed by atoms with Crippen LogP contribution in [0.1, 0.15) is 506 Å². The SMILES string of the molecule is C/C=C/CCCCCCCCCCCCCCCCCCOC(=O)c1ccc(S(=O)(=O)[O-])cc1C(=O)OCCCCCCCCCCCCCCCCCC/C=C/C.C/C=C/CCCCCCCCCCCCCCCCCCOC(=O)c1ccc(S(=O)(=O)[O-])cc1C(=O)OCCCCCCCCCCCCCCCCCC/C=C/C.[Ca+2]. The molecule has 0 spiro atoms. The van der Waals surface area contributed by atoms with Gasteiger partial charge in [-0.2, -0.15) is 0 Å². The molecular weight excluding hydrogens is 1530 g/mol. The van der Waals surface area contributed by atoms with Crippen molar-refractivity contribution < 1.29 is 64.1 Å². The first-order valence-corrected chi connectivity index (χ1v) is 50.8. The van der Waals surface area contributed by atoms with Crippen LogP contribution in [0.25, 0.3) is 0 Å². The van der Waals surface area contributed by atoms with Crippen LogP contribution < -0.4 is 0 Å². The zero-order valence-electron chi connectivity index (χ0n) is 75.2. The first kappa shape index (κ1) is 113. The van der Waals surface area contributed by atoms with Crippen molar-refractivity contribution in [2.75, 3.05) is 26.4 Å². The number of carbonyl (C=O) groups is 4. The van der Waals surface area contributed by atoms with E-state index in [-0.39, 0.29) is 86.4 Å². The molecule has 0 amide bonds. The van der Waals surface area contributed by atoms with E-state index in [0.29, 0.717) is 25.7 Å². The second-order valence-electron chi connectivity index (χ2n) is 32.9. The van der Waals surface area contributed by atoms with Crippen molar-refractivity contribution in [3.63, 3.8) is 0 Å². The van der Waals surface area contributed by atoms with Gasteiger partial charge in [-0.1, -0.05) is 408 Å².